The number of para-hydroxylation sites is 2. The van der Waals surface area contributed by atoms with Crippen LogP contribution in [-0.2, 0) is 6.42 Å². The van der Waals surface area contributed by atoms with Crippen molar-refractivity contribution in [2.24, 2.45) is 10.7 Å². The predicted octanol–water partition coefficient (Wildman–Crippen LogP) is 12.2. The van der Waals surface area contributed by atoms with Gasteiger partial charge in [0.1, 0.15) is 17.3 Å². The maximum absolute atomic E-state index is 6.87. The summed E-state index contributed by atoms with van der Waals surface area (Å²) in [6.07, 6.45) is 0.744. The van der Waals surface area contributed by atoms with Crippen LogP contribution in [0.4, 0.5) is 5.69 Å². The van der Waals surface area contributed by atoms with E-state index in [9.17, 15) is 0 Å². The lowest BCUT2D eigenvalue weighted by molar-refractivity contribution is 0.460. The highest BCUT2D eigenvalue weighted by atomic mass is 32.1. The van der Waals surface area contributed by atoms with Crippen LogP contribution >= 0.6 is 11.3 Å². The van der Waals surface area contributed by atoms with Crippen molar-refractivity contribution in [1.82, 2.24) is 4.57 Å². The van der Waals surface area contributed by atoms with Crippen LogP contribution in [0.5, 0.6) is 11.5 Å². The first kappa shape index (κ1) is 28.4. The quantitative estimate of drug-likeness (QED) is 0.115. The SMILES string of the molecule is NC(=Nc1cccc2c1Cc1ccccc1O2)c1cccc(-n2c3ccccc3c3c4ccc5ccccc5c4c4c5ccccc5sc4c32)c1. The summed E-state index contributed by atoms with van der Waals surface area (Å²) in [6, 6.07) is 53.7. The summed E-state index contributed by atoms with van der Waals surface area (Å²) in [4.78, 5) is 5.02. The molecule has 10 aromatic rings. The third kappa shape index (κ3) is 4.16. The van der Waals surface area contributed by atoms with Gasteiger partial charge in [0, 0.05) is 49.5 Å². The predicted molar refractivity (Wildman–Crippen MR) is 215 cm³/mol. The average molecular weight is 672 g/mol. The molecule has 8 aromatic carbocycles. The standard InChI is InChI=1S/C46H29N3OS/c47-46(48-36-18-10-21-39-35(36)26-28-12-2-7-20-38(28)50-39)29-13-9-14-30(25-29)49-37-19-6-4-16-32(37)42-34-24-23-27-11-1-3-15-31(27)41(34)43-33-17-5-8-22-40(33)51-45(43)44(42)49/h1-25H,26H2,(H2,47,48). The number of amidine groups is 1. The number of nitrogens with two attached hydrogens (primary N) is 1. The van der Waals surface area contributed by atoms with Crippen LogP contribution in [0.2, 0.25) is 0 Å². The van der Waals surface area contributed by atoms with Gasteiger partial charge < -0.3 is 15.0 Å². The van der Waals surface area contributed by atoms with Gasteiger partial charge in [0.25, 0.3) is 0 Å². The number of rotatable bonds is 3. The van der Waals surface area contributed by atoms with Gasteiger partial charge in [0.15, 0.2) is 0 Å². The fourth-order valence-electron chi connectivity index (χ4n) is 8.19. The molecular weight excluding hydrogens is 643 g/mol. The summed E-state index contributed by atoms with van der Waals surface area (Å²) in [5.41, 5.74) is 14.2. The number of aliphatic imine (C=N–C) groups is 1. The third-order valence-corrected chi connectivity index (χ3v) is 11.6. The number of hydrogen-bond donors (Lipinski definition) is 1. The van der Waals surface area contributed by atoms with Crippen molar-refractivity contribution < 1.29 is 4.74 Å². The second-order valence-electron chi connectivity index (χ2n) is 13.3. The summed E-state index contributed by atoms with van der Waals surface area (Å²) in [5.74, 6) is 2.19. The van der Waals surface area contributed by atoms with E-state index in [-0.39, 0.29) is 0 Å². The van der Waals surface area contributed by atoms with E-state index in [1.165, 1.54) is 58.0 Å². The van der Waals surface area contributed by atoms with Crippen LogP contribution in [0.3, 0.4) is 0 Å². The first-order valence-electron chi connectivity index (χ1n) is 17.2. The number of hydrogen-bond acceptors (Lipinski definition) is 3. The Morgan fingerprint density at radius 3 is 2.33 bits per heavy atom. The van der Waals surface area contributed by atoms with E-state index < -0.39 is 0 Å². The van der Waals surface area contributed by atoms with Crippen LogP contribution in [0, 0.1) is 0 Å². The summed E-state index contributed by atoms with van der Waals surface area (Å²) in [7, 11) is 0. The Hall–Kier alpha value is -6.43. The molecule has 240 valence electrons. The summed E-state index contributed by atoms with van der Waals surface area (Å²) >= 11 is 1.88. The van der Waals surface area contributed by atoms with E-state index in [4.69, 9.17) is 15.5 Å². The lowest BCUT2D eigenvalue weighted by atomic mass is 9.94. The molecule has 0 radical (unpaired) electrons. The van der Waals surface area contributed by atoms with Crippen molar-refractivity contribution in [3.63, 3.8) is 0 Å². The van der Waals surface area contributed by atoms with Crippen LogP contribution in [0.25, 0.3) is 69.2 Å². The molecule has 3 heterocycles. The number of nitrogens with zero attached hydrogens (tertiary/aromatic N) is 2. The smallest absolute Gasteiger partial charge is 0.133 e. The van der Waals surface area contributed by atoms with Gasteiger partial charge in [0.2, 0.25) is 0 Å². The Morgan fingerprint density at radius 1 is 0.627 bits per heavy atom. The Bertz CT molecular complexity index is 3110. The number of thiophene rings is 1. The molecule has 11 rings (SSSR count). The van der Waals surface area contributed by atoms with Crippen LogP contribution in [0.1, 0.15) is 16.7 Å². The summed E-state index contributed by atoms with van der Waals surface area (Å²) in [6.45, 7) is 0. The third-order valence-electron chi connectivity index (χ3n) is 10.4. The highest BCUT2D eigenvalue weighted by Gasteiger charge is 2.23. The topological polar surface area (TPSA) is 52.5 Å². The monoisotopic (exact) mass is 671 g/mol. The minimum absolute atomic E-state index is 0.466. The van der Waals surface area contributed by atoms with Crippen molar-refractivity contribution >= 4 is 86.4 Å². The normalized spacial score (nSPS) is 13.0. The summed E-state index contributed by atoms with van der Waals surface area (Å²) < 4.78 is 11.3. The Balaban J connectivity index is 1.17. The van der Waals surface area contributed by atoms with Gasteiger partial charge in [-0.25, -0.2) is 4.99 Å². The lowest BCUT2D eigenvalue weighted by Crippen LogP contribution is -2.14. The van der Waals surface area contributed by atoms with Gasteiger partial charge in [-0.05, 0) is 69.6 Å². The highest BCUT2D eigenvalue weighted by molar-refractivity contribution is 7.27. The molecule has 0 saturated carbocycles. The molecule has 0 spiro atoms. The minimum atomic E-state index is 0.466. The molecule has 0 amide bonds. The molecule has 0 unspecified atom stereocenters. The van der Waals surface area contributed by atoms with Crippen molar-refractivity contribution in [3.05, 3.63) is 168 Å². The molecule has 51 heavy (non-hydrogen) atoms. The zero-order chi connectivity index (χ0) is 33.6. The van der Waals surface area contributed by atoms with Gasteiger partial charge >= 0.3 is 0 Å². The van der Waals surface area contributed by atoms with Gasteiger partial charge in [-0.2, -0.15) is 0 Å². The molecule has 2 N–H and O–H groups in total. The fourth-order valence-corrected chi connectivity index (χ4v) is 9.45. The molecule has 0 fully saturated rings. The van der Waals surface area contributed by atoms with Gasteiger partial charge in [-0.15, -0.1) is 11.3 Å². The van der Waals surface area contributed by atoms with Gasteiger partial charge in [-0.1, -0.05) is 109 Å². The zero-order valence-electron chi connectivity index (χ0n) is 27.4. The Labute approximate surface area is 297 Å². The van der Waals surface area contributed by atoms with E-state index in [2.05, 4.69) is 114 Å². The number of ether oxygens (including phenoxy) is 1. The Kier molecular flexibility index (Phi) is 6.01. The fraction of sp³-hybridized carbons (Fsp3) is 0.0217. The molecule has 1 aliphatic heterocycles. The van der Waals surface area contributed by atoms with Crippen molar-refractivity contribution in [2.75, 3.05) is 0 Å². The molecule has 0 bridgehead atoms. The molecule has 0 saturated heterocycles. The average Bonchev–Trinajstić information content (AvgIpc) is 3.74. The Morgan fingerprint density at radius 2 is 1.39 bits per heavy atom. The van der Waals surface area contributed by atoms with Crippen LogP contribution in [-0.4, -0.2) is 10.4 Å². The van der Waals surface area contributed by atoms with Crippen molar-refractivity contribution in [2.45, 2.75) is 6.42 Å². The second kappa shape index (κ2) is 10.8. The lowest BCUT2D eigenvalue weighted by Gasteiger charge is -2.21. The molecule has 2 aromatic heterocycles. The number of benzene rings is 8. The first-order chi connectivity index (χ1) is 25.2. The number of fused-ring (bicyclic) bond motifs is 14. The second-order valence-corrected chi connectivity index (χ2v) is 14.3. The zero-order valence-corrected chi connectivity index (χ0v) is 28.2. The largest absolute Gasteiger partial charge is 0.457 e. The maximum atomic E-state index is 6.87. The molecule has 0 aliphatic carbocycles. The molecule has 1 aliphatic rings. The van der Waals surface area contributed by atoms with E-state index in [0.29, 0.717) is 5.84 Å². The molecule has 5 heteroatoms. The molecule has 0 atom stereocenters. The van der Waals surface area contributed by atoms with Crippen LogP contribution in [0.15, 0.2) is 157 Å². The van der Waals surface area contributed by atoms with Crippen molar-refractivity contribution in [1.29, 1.82) is 0 Å². The van der Waals surface area contributed by atoms with Crippen LogP contribution < -0.4 is 10.5 Å². The summed E-state index contributed by atoms with van der Waals surface area (Å²) in [5, 5.41) is 10.2. The van der Waals surface area contributed by atoms with E-state index in [0.717, 1.165) is 51.5 Å². The highest BCUT2D eigenvalue weighted by Crippen LogP contribution is 2.49. The van der Waals surface area contributed by atoms with E-state index in [1.807, 2.05) is 53.8 Å². The van der Waals surface area contributed by atoms with Crippen molar-refractivity contribution in [3.8, 4) is 17.2 Å². The maximum Gasteiger partial charge on any atom is 0.133 e. The molecular formula is C46H29N3OS. The van der Waals surface area contributed by atoms with E-state index >= 15 is 0 Å². The van der Waals surface area contributed by atoms with Gasteiger partial charge in [0.05, 0.1) is 21.4 Å². The minimum Gasteiger partial charge on any atom is -0.457 e. The molecule has 4 nitrogen and oxygen atoms in total. The first-order valence-corrected chi connectivity index (χ1v) is 18.0. The van der Waals surface area contributed by atoms with Gasteiger partial charge in [-0.3, -0.25) is 0 Å². The van der Waals surface area contributed by atoms with E-state index in [1.54, 1.807) is 0 Å². The number of aromatic nitrogens is 1.